The molecule has 1 aliphatic carbocycles. The van der Waals surface area contributed by atoms with E-state index in [9.17, 15) is 14.4 Å². The van der Waals surface area contributed by atoms with E-state index in [0.29, 0.717) is 48.7 Å². The number of amides is 3. The van der Waals surface area contributed by atoms with Crippen molar-refractivity contribution in [3.63, 3.8) is 0 Å². The molecule has 2 aromatic rings. The summed E-state index contributed by atoms with van der Waals surface area (Å²) in [4.78, 5) is 39.7. The number of nitrogens with zero attached hydrogens (tertiary/aromatic N) is 3. The second-order valence-corrected chi connectivity index (χ2v) is 9.13. The number of piperidine rings is 1. The quantitative estimate of drug-likeness (QED) is 0.596. The summed E-state index contributed by atoms with van der Waals surface area (Å²) in [5.74, 6) is 0.627. The van der Waals surface area contributed by atoms with Gasteiger partial charge in [-0.15, -0.1) is 0 Å². The molecule has 4 rings (SSSR count). The number of benzene rings is 1. The van der Waals surface area contributed by atoms with Gasteiger partial charge in [-0.3, -0.25) is 19.1 Å². The molecule has 2 N–H and O–H groups in total. The van der Waals surface area contributed by atoms with Crippen molar-refractivity contribution in [3.05, 3.63) is 36.2 Å². The van der Waals surface area contributed by atoms with Crippen molar-refractivity contribution in [2.75, 3.05) is 32.6 Å². The van der Waals surface area contributed by atoms with Crippen molar-refractivity contribution in [1.82, 2.24) is 20.0 Å². The van der Waals surface area contributed by atoms with Gasteiger partial charge in [-0.25, -0.2) is 0 Å². The maximum absolute atomic E-state index is 13.0. The van der Waals surface area contributed by atoms with E-state index in [1.807, 2.05) is 0 Å². The molecule has 0 radical (unpaired) electrons. The second kappa shape index (κ2) is 11.2. The molecular weight excluding hydrogens is 450 g/mol. The number of anilines is 1. The summed E-state index contributed by atoms with van der Waals surface area (Å²) >= 11 is 0. The van der Waals surface area contributed by atoms with E-state index in [1.54, 1.807) is 49.7 Å². The van der Waals surface area contributed by atoms with Gasteiger partial charge in [-0.1, -0.05) is 12.8 Å². The Bertz CT molecular complexity index is 1030. The van der Waals surface area contributed by atoms with Gasteiger partial charge < -0.3 is 25.0 Å². The van der Waals surface area contributed by atoms with E-state index < -0.39 is 0 Å². The van der Waals surface area contributed by atoms with Crippen molar-refractivity contribution < 1.29 is 23.9 Å². The Hall–Kier alpha value is -3.56. The minimum Gasteiger partial charge on any atom is -0.497 e. The number of hydrogen-bond acceptors (Lipinski definition) is 6. The van der Waals surface area contributed by atoms with Crippen LogP contribution in [0, 0.1) is 5.92 Å². The van der Waals surface area contributed by atoms with E-state index in [2.05, 4.69) is 15.7 Å². The molecule has 0 bridgehead atoms. The van der Waals surface area contributed by atoms with Gasteiger partial charge in [0.2, 0.25) is 11.8 Å². The van der Waals surface area contributed by atoms with Crippen LogP contribution < -0.4 is 20.1 Å². The van der Waals surface area contributed by atoms with Crippen molar-refractivity contribution in [2.45, 2.75) is 51.1 Å². The molecule has 10 heteroatoms. The molecule has 1 saturated heterocycles. The molecule has 2 heterocycles. The first-order valence-corrected chi connectivity index (χ1v) is 12.1. The predicted octanol–water partition coefficient (Wildman–Crippen LogP) is 2.45. The Morgan fingerprint density at radius 2 is 1.66 bits per heavy atom. The fourth-order valence-corrected chi connectivity index (χ4v) is 4.71. The van der Waals surface area contributed by atoms with Crippen LogP contribution in [-0.4, -0.2) is 65.8 Å². The number of ether oxygens (including phenoxy) is 2. The average molecular weight is 484 g/mol. The predicted molar refractivity (Wildman–Crippen MR) is 129 cm³/mol. The lowest BCUT2D eigenvalue weighted by molar-refractivity contribution is -0.122. The molecule has 1 saturated carbocycles. The number of carbonyl (C=O) groups is 3. The highest BCUT2D eigenvalue weighted by atomic mass is 16.5. The van der Waals surface area contributed by atoms with Gasteiger partial charge in [0.25, 0.3) is 5.91 Å². The highest BCUT2D eigenvalue weighted by Crippen LogP contribution is 2.26. The largest absolute Gasteiger partial charge is 0.497 e. The zero-order valence-corrected chi connectivity index (χ0v) is 20.3. The van der Waals surface area contributed by atoms with Crippen LogP contribution in [0.5, 0.6) is 11.5 Å². The highest BCUT2D eigenvalue weighted by molar-refractivity contribution is 5.96. The van der Waals surface area contributed by atoms with E-state index >= 15 is 0 Å². The summed E-state index contributed by atoms with van der Waals surface area (Å²) in [5, 5.41) is 10.1. The second-order valence-electron chi connectivity index (χ2n) is 9.13. The third-order valence-corrected chi connectivity index (χ3v) is 6.68. The normalized spacial score (nSPS) is 16.7. The van der Waals surface area contributed by atoms with Gasteiger partial charge in [0.05, 0.1) is 26.1 Å². The molecule has 1 aromatic heterocycles. The molecule has 3 amide bonds. The fraction of sp³-hybridized carbons (Fsp3) is 0.520. The van der Waals surface area contributed by atoms with Crippen LogP contribution in [0.25, 0.3) is 0 Å². The number of carbonyl (C=O) groups excluding carboxylic acids is 3. The smallest absolute Gasteiger partial charge is 0.254 e. The maximum Gasteiger partial charge on any atom is 0.254 e. The third-order valence-electron chi connectivity index (χ3n) is 6.68. The summed E-state index contributed by atoms with van der Waals surface area (Å²) in [6.45, 7) is 1.09. The third kappa shape index (κ3) is 6.32. The highest BCUT2D eigenvalue weighted by Gasteiger charge is 2.28. The summed E-state index contributed by atoms with van der Waals surface area (Å²) in [6.07, 6.45) is 8.73. The standard InChI is InChI=1S/C25H33N5O5/c1-34-21-11-18(12-22(13-21)35-2)25(33)29-9-7-17(8-10-29)24(32)28-20-14-26-30(15-20)16-23(31)27-19-5-3-4-6-19/h11-15,17,19H,3-10,16H2,1-2H3,(H,27,31)(H,28,32). The summed E-state index contributed by atoms with van der Waals surface area (Å²) < 4.78 is 12.1. The van der Waals surface area contributed by atoms with Crippen molar-refractivity contribution in [1.29, 1.82) is 0 Å². The molecule has 1 aromatic carbocycles. The summed E-state index contributed by atoms with van der Waals surface area (Å²) in [5.41, 5.74) is 1.05. The number of rotatable bonds is 8. The fourth-order valence-electron chi connectivity index (χ4n) is 4.71. The minimum absolute atomic E-state index is 0.0661. The summed E-state index contributed by atoms with van der Waals surface area (Å²) in [6, 6.07) is 5.36. The first-order valence-electron chi connectivity index (χ1n) is 12.1. The van der Waals surface area contributed by atoms with Gasteiger partial charge in [0.1, 0.15) is 18.0 Å². The van der Waals surface area contributed by atoms with Crippen LogP contribution in [0.4, 0.5) is 5.69 Å². The average Bonchev–Trinajstić information content (AvgIpc) is 3.55. The van der Waals surface area contributed by atoms with Gasteiger partial charge in [0, 0.05) is 42.9 Å². The van der Waals surface area contributed by atoms with E-state index in [4.69, 9.17) is 9.47 Å². The first-order chi connectivity index (χ1) is 16.9. The summed E-state index contributed by atoms with van der Waals surface area (Å²) in [7, 11) is 3.09. The first kappa shape index (κ1) is 24.6. The zero-order valence-electron chi connectivity index (χ0n) is 20.3. The number of likely N-dealkylation sites (tertiary alicyclic amines) is 1. The van der Waals surface area contributed by atoms with Crippen LogP contribution in [0.1, 0.15) is 48.9 Å². The molecule has 0 atom stereocenters. The van der Waals surface area contributed by atoms with E-state index in [0.717, 1.165) is 25.7 Å². The van der Waals surface area contributed by atoms with Gasteiger partial charge in [-0.2, -0.15) is 5.10 Å². The number of aromatic nitrogens is 2. The minimum atomic E-state index is -0.201. The lowest BCUT2D eigenvalue weighted by atomic mass is 9.95. The topological polar surface area (TPSA) is 115 Å². The molecule has 0 spiro atoms. The van der Waals surface area contributed by atoms with Gasteiger partial charge in [-0.05, 0) is 37.8 Å². The van der Waals surface area contributed by atoms with Gasteiger partial charge >= 0.3 is 0 Å². The molecule has 35 heavy (non-hydrogen) atoms. The molecule has 10 nitrogen and oxygen atoms in total. The molecule has 2 fully saturated rings. The van der Waals surface area contributed by atoms with Crippen molar-refractivity contribution in [3.8, 4) is 11.5 Å². The molecule has 2 aliphatic rings. The monoisotopic (exact) mass is 483 g/mol. The Labute approximate surface area is 204 Å². The van der Waals surface area contributed by atoms with E-state index in [1.165, 1.54) is 4.68 Å². The van der Waals surface area contributed by atoms with Crippen molar-refractivity contribution >= 4 is 23.4 Å². The SMILES string of the molecule is COc1cc(OC)cc(C(=O)N2CCC(C(=O)Nc3cnn(CC(=O)NC4CCCC4)c3)CC2)c1. The van der Waals surface area contributed by atoms with Crippen LogP contribution in [0.3, 0.4) is 0 Å². The Morgan fingerprint density at radius 3 is 2.29 bits per heavy atom. The van der Waals surface area contributed by atoms with Gasteiger partial charge in [0.15, 0.2) is 0 Å². The molecule has 0 unspecified atom stereocenters. The Balaban J connectivity index is 1.26. The Kier molecular flexibility index (Phi) is 7.89. The maximum atomic E-state index is 13.0. The van der Waals surface area contributed by atoms with E-state index in [-0.39, 0.29) is 36.2 Å². The lowest BCUT2D eigenvalue weighted by Crippen LogP contribution is -2.41. The van der Waals surface area contributed by atoms with Crippen molar-refractivity contribution in [2.24, 2.45) is 5.92 Å². The molecule has 188 valence electrons. The number of nitrogens with one attached hydrogen (secondary N) is 2. The molecular formula is C25H33N5O5. The van der Waals surface area contributed by atoms with Crippen LogP contribution >= 0.6 is 0 Å². The molecule has 1 aliphatic heterocycles. The zero-order chi connectivity index (χ0) is 24.8. The Morgan fingerprint density at radius 1 is 1.00 bits per heavy atom. The number of methoxy groups -OCH3 is 2. The van der Waals surface area contributed by atoms with Crippen LogP contribution in [0.15, 0.2) is 30.6 Å². The number of hydrogen-bond donors (Lipinski definition) is 2. The van der Waals surface area contributed by atoms with Crippen LogP contribution in [0.2, 0.25) is 0 Å². The van der Waals surface area contributed by atoms with Crippen LogP contribution in [-0.2, 0) is 16.1 Å². The lowest BCUT2D eigenvalue weighted by Gasteiger charge is -2.31.